The Hall–Kier alpha value is -1.56. The second-order valence-corrected chi connectivity index (χ2v) is 5.11. The molecule has 0 aromatic heterocycles. The molecule has 0 aliphatic rings. The van der Waals surface area contributed by atoms with Gasteiger partial charge in [0.25, 0.3) is 0 Å². The number of benzene rings is 2. The van der Waals surface area contributed by atoms with E-state index in [1.165, 1.54) is 0 Å². The normalized spacial score (nSPS) is 10.8. The van der Waals surface area contributed by atoms with E-state index in [9.17, 15) is 5.11 Å². The van der Waals surface area contributed by atoms with Crippen LogP contribution in [0.3, 0.4) is 0 Å². The van der Waals surface area contributed by atoms with Crippen LogP contribution in [-0.4, -0.2) is 17.9 Å². The summed E-state index contributed by atoms with van der Waals surface area (Å²) in [6.07, 6.45) is 1.64. The van der Waals surface area contributed by atoms with E-state index in [1.54, 1.807) is 18.3 Å². The van der Waals surface area contributed by atoms with Gasteiger partial charge in [-0.15, -0.1) is 0 Å². The molecule has 1 N–H and O–H groups in total. The van der Waals surface area contributed by atoms with Crippen molar-refractivity contribution in [1.82, 2.24) is 0 Å². The van der Waals surface area contributed by atoms with Gasteiger partial charge >= 0.3 is 0 Å². The number of halogens is 1. The van der Waals surface area contributed by atoms with E-state index in [0.717, 1.165) is 9.26 Å². The van der Waals surface area contributed by atoms with Gasteiger partial charge < -0.3 is 9.84 Å². The Labute approximate surface area is 126 Å². The third-order valence-electron chi connectivity index (χ3n) is 2.51. The first kappa shape index (κ1) is 13.9. The van der Waals surface area contributed by atoms with Gasteiger partial charge in [0.1, 0.15) is 0 Å². The third kappa shape index (κ3) is 3.70. The molecular weight excluding hydrogens is 353 g/mol. The maximum absolute atomic E-state index is 10.0. The number of para-hydroxylation sites is 1. The van der Waals surface area contributed by atoms with Gasteiger partial charge in [-0.1, -0.05) is 6.07 Å². The first-order valence-electron chi connectivity index (χ1n) is 5.95. The summed E-state index contributed by atoms with van der Waals surface area (Å²) in [5, 5.41) is 10.0. The molecule has 0 fully saturated rings. The Morgan fingerprint density at radius 2 is 1.95 bits per heavy atom. The Bertz CT molecular complexity index is 579. The highest BCUT2D eigenvalue weighted by atomic mass is 127. The number of hydrogen-bond donors (Lipinski definition) is 1. The van der Waals surface area contributed by atoms with Crippen molar-refractivity contribution in [3.8, 4) is 11.5 Å². The van der Waals surface area contributed by atoms with Crippen molar-refractivity contribution in [3.63, 3.8) is 0 Å². The van der Waals surface area contributed by atoms with E-state index in [0.29, 0.717) is 17.9 Å². The lowest BCUT2D eigenvalue weighted by Crippen LogP contribution is -1.93. The fourth-order valence-electron chi connectivity index (χ4n) is 1.59. The average molecular weight is 367 g/mol. The molecule has 19 heavy (non-hydrogen) atoms. The number of nitrogens with zero attached hydrogens (tertiary/aromatic N) is 1. The molecule has 2 aromatic rings. The molecule has 3 nitrogen and oxygen atoms in total. The van der Waals surface area contributed by atoms with E-state index < -0.39 is 0 Å². The molecule has 0 unspecified atom stereocenters. The van der Waals surface area contributed by atoms with E-state index in [4.69, 9.17) is 4.74 Å². The molecule has 0 spiro atoms. The highest BCUT2D eigenvalue weighted by Crippen LogP contribution is 2.29. The van der Waals surface area contributed by atoms with Gasteiger partial charge in [0, 0.05) is 15.3 Å². The lowest BCUT2D eigenvalue weighted by molar-refractivity contribution is 0.318. The predicted octanol–water partition coefficient (Wildman–Crippen LogP) is 4.15. The zero-order valence-electron chi connectivity index (χ0n) is 10.5. The molecule has 0 saturated heterocycles. The van der Waals surface area contributed by atoms with Crippen LogP contribution in [0.5, 0.6) is 11.5 Å². The van der Waals surface area contributed by atoms with E-state index in [2.05, 4.69) is 27.6 Å². The zero-order valence-corrected chi connectivity index (χ0v) is 12.7. The second kappa shape index (κ2) is 6.56. The van der Waals surface area contributed by atoms with Crippen LogP contribution in [0.1, 0.15) is 12.5 Å². The van der Waals surface area contributed by atoms with Gasteiger partial charge in [0.2, 0.25) is 0 Å². The number of rotatable bonds is 4. The zero-order chi connectivity index (χ0) is 13.7. The average Bonchev–Trinajstić information content (AvgIpc) is 2.42. The molecule has 2 rings (SSSR count). The van der Waals surface area contributed by atoms with Gasteiger partial charge in [-0.05, 0) is 65.9 Å². The molecule has 98 valence electrons. The molecule has 0 bridgehead atoms. The van der Waals surface area contributed by atoms with Crippen LogP contribution >= 0.6 is 22.6 Å². The van der Waals surface area contributed by atoms with Crippen LogP contribution in [0.2, 0.25) is 0 Å². The van der Waals surface area contributed by atoms with E-state index in [-0.39, 0.29) is 5.75 Å². The molecule has 0 saturated carbocycles. The summed E-state index contributed by atoms with van der Waals surface area (Å²) in [5.74, 6) is 0.604. The summed E-state index contributed by atoms with van der Waals surface area (Å²) in [6.45, 7) is 2.40. The van der Waals surface area contributed by atoms with Gasteiger partial charge in [0.05, 0.1) is 12.3 Å². The largest absolute Gasteiger partial charge is 0.504 e. The molecule has 0 atom stereocenters. The maximum Gasteiger partial charge on any atom is 0.166 e. The van der Waals surface area contributed by atoms with Crippen LogP contribution in [0.4, 0.5) is 5.69 Å². The highest BCUT2D eigenvalue weighted by Gasteiger charge is 2.05. The van der Waals surface area contributed by atoms with Crippen molar-refractivity contribution in [2.24, 2.45) is 4.99 Å². The van der Waals surface area contributed by atoms with Crippen molar-refractivity contribution >= 4 is 34.5 Å². The molecule has 0 amide bonds. The summed E-state index contributed by atoms with van der Waals surface area (Å²) < 4.78 is 6.50. The van der Waals surface area contributed by atoms with Crippen molar-refractivity contribution < 1.29 is 9.84 Å². The standard InChI is InChI=1S/C15H14INO2/c1-2-19-14-5-3-4-11(15(14)18)10-17-13-8-6-12(16)7-9-13/h3-10,18H,2H2,1H3. The van der Waals surface area contributed by atoms with Crippen LogP contribution < -0.4 is 4.74 Å². The molecule has 0 heterocycles. The number of aromatic hydroxyl groups is 1. The fourth-order valence-corrected chi connectivity index (χ4v) is 1.95. The second-order valence-electron chi connectivity index (χ2n) is 3.86. The quantitative estimate of drug-likeness (QED) is 0.652. The lowest BCUT2D eigenvalue weighted by Gasteiger charge is -2.07. The van der Waals surface area contributed by atoms with Crippen LogP contribution in [0, 0.1) is 3.57 Å². The molecule has 0 aliphatic carbocycles. The summed E-state index contributed by atoms with van der Waals surface area (Å²) in [5.41, 5.74) is 1.49. The lowest BCUT2D eigenvalue weighted by atomic mass is 10.2. The highest BCUT2D eigenvalue weighted by molar-refractivity contribution is 14.1. The van der Waals surface area contributed by atoms with Crippen molar-refractivity contribution in [3.05, 3.63) is 51.6 Å². The van der Waals surface area contributed by atoms with Crippen LogP contribution in [0.15, 0.2) is 47.5 Å². The molecule has 0 radical (unpaired) electrons. The smallest absolute Gasteiger partial charge is 0.166 e. The van der Waals surface area contributed by atoms with E-state index >= 15 is 0 Å². The van der Waals surface area contributed by atoms with Gasteiger partial charge in [-0.3, -0.25) is 4.99 Å². The minimum absolute atomic E-state index is 0.124. The topological polar surface area (TPSA) is 41.8 Å². The van der Waals surface area contributed by atoms with Gasteiger partial charge in [-0.25, -0.2) is 0 Å². The summed E-state index contributed by atoms with van der Waals surface area (Å²) >= 11 is 2.25. The first-order chi connectivity index (χ1) is 9.20. The number of phenols is 1. The Morgan fingerprint density at radius 3 is 2.63 bits per heavy atom. The summed E-state index contributed by atoms with van der Waals surface area (Å²) in [4.78, 5) is 4.34. The first-order valence-corrected chi connectivity index (χ1v) is 7.03. The van der Waals surface area contributed by atoms with Crippen LogP contribution in [0.25, 0.3) is 0 Å². The predicted molar refractivity (Wildman–Crippen MR) is 85.7 cm³/mol. The Balaban J connectivity index is 2.23. The molecule has 0 aliphatic heterocycles. The van der Waals surface area contributed by atoms with Crippen molar-refractivity contribution in [2.75, 3.05) is 6.61 Å². The number of hydrogen-bond acceptors (Lipinski definition) is 3. The Kier molecular flexibility index (Phi) is 4.79. The fraction of sp³-hybridized carbons (Fsp3) is 0.133. The summed E-state index contributed by atoms with van der Waals surface area (Å²) in [7, 11) is 0. The van der Waals surface area contributed by atoms with Crippen molar-refractivity contribution in [2.45, 2.75) is 6.92 Å². The Morgan fingerprint density at radius 1 is 1.21 bits per heavy atom. The minimum Gasteiger partial charge on any atom is -0.504 e. The maximum atomic E-state index is 10.0. The van der Waals surface area contributed by atoms with Crippen molar-refractivity contribution in [1.29, 1.82) is 0 Å². The molecule has 2 aromatic carbocycles. The monoisotopic (exact) mass is 367 g/mol. The van der Waals surface area contributed by atoms with Gasteiger partial charge in [-0.2, -0.15) is 0 Å². The SMILES string of the molecule is CCOc1cccc(C=Nc2ccc(I)cc2)c1O. The van der Waals surface area contributed by atoms with Gasteiger partial charge in [0.15, 0.2) is 11.5 Å². The number of phenolic OH excluding ortho intramolecular Hbond substituents is 1. The third-order valence-corrected chi connectivity index (χ3v) is 3.23. The van der Waals surface area contributed by atoms with E-state index in [1.807, 2.05) is 37.3 Å². The summed E-state index contributed by atoms with van der Waals surface area (Å²) in [6, 6.07) is 13.2. The molecular formula is C15H14INO2. The minimum atomic E-state index is 0.124. The van der Waals surface area contributed by atoms with Crippen LogP contribution in [-0.2, 0) is 0 Å². The number of aliphatic imine (C=N–C) groups is 1. The number of ether oxygens (including phenoxy) is 1. The molecule has 4 heteroatoms.